The quantitative estimate of drug-likeness (QED) is 0.587. The lowest BCUT2D eigenvalue weighted by molar-refractivity contribution is 0.482. The Kier molecular flexibility index (Phi) is 5.30. The van der Waals surface area contributed by atoms with Gasteiger partial charge in [0.05, 0.1) is 0 Å². The van der Waals surface area contributed by atoms with E-state index in [4.69, 9.17) is 8.85 Å². The van der Waals surface area contributed by atoms with Crippen LogP contribution < -0.4 is 8.85 Å². The normalized spacial score (nSPS) is 13.9. The van der Waals surface area contributed by atoms with E-state index in [-0.39, 0.29) is 10.1 Å². The lowest BCUT2D eigenvalue weighted by Gasteiger charge is -2.37. The van der Waals surface area contributed by atoms with E-state index in [9.17, 15) is 0 Å². The average Bonchev–Trinajstić information content (AvgIpc) is 2.28. The number of rotatable bonds is 4. The highest BCUT2D eigenvalue weighted by Gasteiger charge is 2.40. The summed E-state index contributed by atoms with van der Waals surface area (Å²) < 4.78 is 12.6. The summed E-state index contributed by atoms with van der Waals surface area (Å²) >= 11 is 0. The molecule has 0 aliphatic rings. The highest BCUT2D eigenvalue weighted by molar-refractivity contribution is 6.75. The molecule has 0 saturated heterocycles. The van der Waals surface area contributed by atoms with Gasteiger partial charge in [-0.3, -0.25) is 0 Å². The molecule has 1 aromatic carbocycles. The zero-order valence-electron chi connectivity index (χ0n) is 16.1. The van der Waals surface area contributed by atoms with Crippen molar-refractivity contribution in [2.24, 2.45) is 0 Å². The van der Waals surface area contributed by atoms with Gasteiger partial charge in [-0.1, -0.05) is 41.5 Å². The lowest BCUT2D eigenvalue weighted by Crippen LogP contribution is -2.44. The van der Waals surface area contributed by atoms with E-state index in [1.54, 1.807) is 0 Å². The molecule has 0 aliphatic carbocycles. The summed E-state index contributed by atoms with van der Waals surface area (Å²) in [6.07, 6.45) is 0. The second-order valence-electron chi connectivity index (χ2n) is 9.20. The predicted molar refractivity (Wildman–Crippen MR) is 102 cm³/mol. The van der Waals surface area contributed by atoms with Crippen LogP contribution in [0.2, 0.25) is 36.3 Å². The van der Waals surface area contributed by atoms with Crippen LogP contribution in [0.5, 0.6) is 11.5 Å². The maximum absolute atomic E-state index is 6.31. The summed E-state index contributed by atoms with van der Waals surface area (Å²) in [5.74, 6) is 1.91. The molecule has 0 radical (unpaired) electrons. The molecule has 0 spiro atoms. The molecule has 0 fully saturated rings. The fourth-order valence-electron chi connectivity index (χ4n) is 1.47. The first kappa shape index (κ1) is 19.3. The van der Waals surface area contributed by atoms with Gasteiger partial charge in [0.2, 0.25) is 16.6 Å². The summed E-state index contributed by atoms with van der Waals surface area (Å²) in [6, 6.07) is 8.18. The molecule has 0 aliphatic heterocycles. The molecule has 4 heteroatoms. The third kappa shape index (κ3) is 4.62. The first-order valence-electron chi connectivity index (χ1n) is 8.14. The fourth-order valence-corrected chi connectivity index (χ4v) is 3.53. The number of hydrogen-bond acceptors (Lipinski definition) is 2. The van der Waals surface area contributed by atoms with Crippen LogP contribution in [-0.2, 0) is 0 Å². The maximum atomic E-state index is 6.31. The molecule has 1 rings (SSSR count). The van der Waals surface area contributed by atoms with Gasteiger partial charge in [0.1, 0.15) is 11.5 Å². The molecule has 0 atom stereocenters. The van der Waals surface area contributed by atoms with Gasteiger partial charge in [-0.05, 0) is 60.5 Å². The van der Waals surface area contributed by atoms with Gasteiger partial charge in [0.15, 0.2) is 0 Å². The van der Waals surface area contributed by atoms with Crippen molar-refractivity contribution in [3.8, 4) is 11.5 Å². The average molecular weight is 339 g/mol. The van der Waals surface area contributed by atoms with Crippen molar-refractivity contribution < 1.29 is 8.85 Å². The molecule has 0 saturated carbocycles. The van der Waals surface area contributed by atoms with E-state index < -0.39 is 16.6 Å². The molecule has 0 aromatic heterocycles. The highest BCUT2D eigenvalue weighted by atomic mass is 28.4. The minimum Gasteiger partial charge on any atom is -0.543 e. The second kappa shape index (κ2) is 6.04. The number of hydrogen-bond donors (Lipinski definition) is 0. The molecular formula is C18H34O2Si2. The predicted octanol–water partition coefficient (Wildman–Crippen LogP) is 6.45. The third-order valence-electron chi connectivity index (χ3n) is 5.18. The van der Waals surface area contributed by atoms with Crippen LogP contribution in [-0.4, -0.2) is 16.6 Å². The molecule has 1 aromatic rings. The Hall–Kier alpha value is -0.746. The standard InChI is InChI=1S/C18H34O2Si2/c1-17(2,3)21(7,8)19-15-11-13-16(14-12-15)20-22(9,10)18(4,5)6/h11-14H,1-10H3. The van der Waals surface area contributed by atoms with E-state index in [2.05, 4.69) is 67.7 Å². The van der Waals surface area contributed by atoms with Gasteiger partial charge in [-0.15, -0.1) is 0 Å². The Labute approximate surface area is 139 Å². The SMILES string of the molecule is CC(C)(C)[Si](C)(C)Oc1ccc(O[Si](C)(C)C(C)(C)C)cc1. The van der Waals surface area contributed by atoms with E-state index in [1.807, 2.05) is 24.3 Å². The highest BCUT2D eigenvalue weighted by Crippen LogP contribution is 2.39. The molecule has 0 heterocycles. The largest absolute Gasteiger partial charge is 0.543 e. The Morgan fingerprint density at radius 1 is 0.591 bits per heavy atom. The Balaban J connectivity index is 2.85. The fraction of sp³-hybridized carbons (Fsp3) is 0.667. The van der Waals surface area contributed by atoms with Crippen molar-refractivity contribution in [1.82, 2.24) is 0 Å². The summed E-state index contributed by atoms with van der Waals surface area (Å²) in [6.45, 7) is 22.6. The minimum absolute atomic E-state index is 0.212. The van der Waals surface area contributed by atoms with Gasteiger partial charge < -0.3 is 8.85 Å². The minimum atomic E-state index is -1.77. The van der Waals surface area contributed by atoms with Gasteiger partial charge in [-0.25, -0.2) is 0 Å². The molecule has 0 amide bonds. The second-order valence-corrected chi connectivity index (χ2v) is 18.6. The van der Waals surface area contributed by atoms with E-state index in [0.717, 1.165) is 11.5 Å². The summed E-state index contributed by atoms with van der Waals surface area (Å²) in [5.41, 5.74) is 0. The first-order valence-corrected chi connectivity index (χ1v) is 14.0. The molecule has 0 N–H and O–H groups in total. The Morgan fingerprint density at radius 2 is 0.818 bits per heavy atom. The molecule has 2 nitrogen and oxygen atoms in total. The Morgan fingerprint density at radius 3 is 1.00 bits per heavy atom. The van der Waals surface area contributed by atoms with Crippen LogP contribution in [0.1, 0.15) is 41.5 Å². The van der Waals surface area contributed by atoms with Crippen molar-refractivity contribution >= 4 is 16.6 Å². The third-order valence-corrected chi connectivity index (χ3v) is 13.9. The molecule has 0 unspecified atom stereocenters. The maximum Gasteiger partial charge on any atom is 0.250 e. The van der Waals surface area contributed by atoms with Gasteiger partial charge in [0, 0.05) is 0 Å². The van der Waals surface area contributed by atoms with Crippen LogP contribution in [0.4, 0.5) is 0 Å². The van der Waals surface area contributed by atoms with Crippen molar-refractivity contribution in [2.75, 3.05) is 0 Å². The molecule has 126 valence electrons. The number of benzene rings is 1. The monoisotopic (exact) mass is 338 g/mol. The van der Waals surface area contributed by atoms with E-state index in [0.29, 0.717) is 0 Å². The van der Waals surface area contributed by atoms with E-state index >= 15 is 0 Å². The summed E-state index contributed by atoms with van der Waals surface area (Å²) in [5, 5.41) is 0.423. The summed E-state index contributed by atoms with van der Waals surface area (Å²) in [4.78, 5) is 0. The van der Waals surface area contributed by atoms with Crippen molar-refractivity contribution in [1.29, 1.82) is 0 Å². The summed E-state index contributed by atoms with van der Waals surface area (Å²) in [7, 11) is -3.54. The van der Waals surface area contributed by atoms with Gasteiger partial charge in [0.25, 0.3) is 0 Å². The smallest absolute Gasteiger partial charge is 0.250 e. The van der Waals surface area contributed by atoms with Crippen molar-refractivity contribution in [2.45, 2.75) is 77.8 Å². The zero-order valence-corrected chi connectivity index (χ0v) is 18.1. The lowest BCUT2D eigenvalue weighted by atomic mass is 10.2. The molecule has 22 heavy (non-hydrogen) atoms. The van der Waals surface area contributed by atoms with E-state index in [1.165, 1.54) is 0 Å². The molecular weight excluding hydrogens is 304 g/mol. The van der Waals surface area contributed by atoms with Gasteiger partial charge >= 0.3 is 0 Å². The van der Waals surface area contributed by atoms with Crippen LogP contribution in [0.25, 0.3) is 0 Å². The zero-order chi connectivity index (χ0) is 17.4. The van der Waals surface area contributed by atoms with Crippen LogP contribution >= 0.6 is 0 Å². The van der Waals surface area contributed by atoms with Crippen molar-refractivity contribution in [3.63, 3.8) is 0 Å². The van der Waals surface area contributed by atoms with Crippen LogP contribution in [0.15, 0.2) is 24.3 Å². The van der Waals surface area contributed by atoms with Gasteiger partial charge in [-0.2, -0.15) is 0 Å². The van der Waals surface area contributed by atoms with Crippen LogP contribution in [0.3, 0.4) is 0 Å². The van der Waals surface area contributed by atoms with Crippen LogP contribution in [0, 0.1) is 0 Å². The molecule has 0 bridgehead atoms. The van der Waals surface area contributed by atoms with Crippen molar-refractivity contribution in [3.05, 3.63) is 24.3 Å². The topological polar surface area (TPSA) is 18.5 Å². The Bertz CT molecular complexity index is 444. The first-order chi connectivity index (χ1) is 9.66.